The zero-order valence-corrected chi connectivity index (χ0v) is 21.7. The lowest BCUT2D eigenvalue weighted by molar-refractivity contribution is 0.396. The highest BCUT2D eigenvalue weighted by Gasteiger charge is 2.16. The van der Waals surface area contributed by atoms with E-state index in [2.05, 4.69) is 30.4 Å². The van der Waals surface area contributed by atoms with E-state index in [4.69, 9.17) is 22.3 Å². The summed E-state index contributed by atoms with van der Waals surface area (Å²) >= 11 is 6.16. The molecule has 0 amide bonds. The molecule has 1 fully saturated rings. The normalized spacial score (nSPS) is 16.6. The second kappa shape index (κ2) is 13.8. The van der Waals surface area contributed by atoms with Crippen LogP contribution in [0.4, 0.5) is 0 Å². The molecule has 1 atom stereocenters. The number of benzene rings is 1. The van der Waals surface area contributed by atoms with Gasteiger partial charge in [-0.2, -0.15) is 0 Å². The molecule has 1 saturated carbocycles. The quantitative estimate of drug-likeness (QED) is 0.190. The van der Waals surface area contributed by atoms with Gasteiger partial charge in [0.1, 0.15) is 11.7 Å². The number of nitrogens with zero attached hydrogens (tertiary/aromatic N) is 2. The van der Waals surface area contributed by atoms with Gasteiger partial charge < -0.3 is 21.3 Å². The number of hydrogen-bond donors (Lipinski definition) is 3. The minimum absolute atomic E-state index is 0.100. The molecule has 0 saturated heterocycles. The molecule has 34 heavy (non-hydrogen) atoms. The van der Waals surface area contributed by atoms with E-state index < -0.39 is 0 Å². The molecule has 0 unspecified atom stereocenters. The molecule has 0 aromatic heterocycles. The number of nitrogens with one attached hydrogen (secondary N) is 2. The van der Waals surface area contributed by atoms with Crippen molar-refractivity contribution in [3.63, 3.8) is 0 Å². The van der Waals surface area contributed by atoms with Gasteiger partial charge in [0.15, 0.2) is 0 Å². The number of halogens is 1. The molecule has 6 heteroatoms. The Balaban J connectivity index is 2.20. The molecule has 5 nitrogen and oxygen atoms in total. The molecule has 1 aromatic rings. The highest BCUT2D eigenvalue weighted by atomic mass is 35.5. The van der Waals surface area contributed by atoms with Gasteiger partial charge in [-0.25, -0.2) is 4.99 Å². The van der Waals surface area contributed by atoms with Crippen LogP contribution in [-0.4, -0.2) is 23.3 Å². The zero-order valence-electron chi connectivity index (χ0n) is 20.9. The van der Waals surface area contributed by atoms with Gasteiger partial charge in [-0.3, -0.25) is 0 Å². The number of aliphatic imine (C=N–C) groups is 1. The molecule has 184 valence electrons. The average molecular weight is 482 g/mol. The van der Waals surface area contributed by atoms with E-state index in [1.54, 1.807) is 6.20 Å². The molecule has 0 aliphatic heterocycles. The smallest absolute Gasteiger partial charge is 0.141 e. The summed E-state index contributed by atoms with van der Waals surface area (Å²) < 4.78 is 0. The molecular formula is C28H40ClN5. The van der Waals surface area contributed by atoms with E-state index in [9.17, 15) is 0 Å². The number of hydrogen-bond acceptors (Lipinski definition) is 4. The van der Waals surface area contributed by atoms with Crippen LogP contribution in [0.5, 0.6) is 0 Å². The maximum Gasteiger partial charge on any atom is 0.141 e. The van der Waals surface area contributed by atoms with Crippen LogP contribution in [-0.2, 0) is 0 Å². The summed E-state index contributed by atoms with van der Waals surface area (Å²) in [5.74, 6) is 1.44. The summed E-state index contributed by atoms with van der Waals surface area (Å²) in [6.07, 6.45) is 11.9. The van der Waals surface area contributed by atoms with Crippen molar-refractivity contribution in [2.45, 2.75) is 65.0 Å². The van der Waals surface area contributed by atoms with E-state index in [-0.39, 0.29) is 6.04 Å². The lowest BCUT2D eigenvalue weighted by atomic mass is 9.96. The van der Waals surface area contributed by atoms with Crippen molar-refractivity contribution in [3.05, 3.63) is 95.7 Å². The van der Waals surface area contributed by atoms with Crippen molar-refractivity contribution in [3.8, 4) is 0 Å². The van der Waals surface area contributed by atoms with Crippen molar-refractivity contribution >= 4 is 17.4 Å². The van der Waals surface area contributed by atoms with Gasteiger partial charge in [0.2, 0.25) is 0 Å². The molecule has 0 spiro atoms. The van der Waals surface area contributed by atoms with Crippen molar-refractivity contribution < 1.29 is 0 Å². The van der Waals surface area contributed by atoms with Crippen LogP contribution >= 0.6 is 11.6 Å². The lowest BCUT2D eigenvalue weighted by Crippen LogP contribution is -2.31. The Kier molecular flexibility index (Phi) is 11.2. The van der Waals surface area contributed by atoms with Gasteiger partial charge in [0.25, 0.3) is 0 Å². The summed E-state index contributed by atoms with van der Waals surface area (Å²) in [6, 6.07) is 8.03. The Morgan fingerprint density at radius 1 is 1.24 bits per heavy atom. The first-order chi connectivity index (χ1) is 16.3. The lowest BCUT2D eigenvalue weighted by Gasteiger charge is -2.26. The van der Waals surface area contributed by atoms with Crippen molar-refractivity contribution in [1.29, 1.82) is 0 Å². The molecule has 2 rings (SSSR count). The average Bonchev–Trinajstić information content (AvgIpc) is 2.84. The topological polar surface area (TPSA) is 65.7 Å². The second-order valence-corrected chi connectivity index (χ2v) is 9.14. The van der Waals surface area contributed by atoms with Gasteiger partial charge in [0.05, 0.1) is 6.04 Å². The minimum atomic E-state index is -0.100. The fourth-order valence-electron chi connectivity index (χ4n) is 3.93. The number of allylic oxidation sites excluding steroid dienone is 2. The fraction of sp³-hybridized carbons (Fsp3) is 0.393. The summed E-state index contributed by atoms with van der Waals surface area (Å²) in [5, 5.41) is 7.60. The molecular weight excluding hydrogens is 442 g/mol. The van der Waals surface area contributed by atoms with Crippen molar-refractivity contribution in [2.75, 3.05) is 6.54 Å². The highest BCUT2D eigenvalue weighted by molar-refractivity contribution is 6.30. The van der Waals surface area contributed by atoms with Crippen LogP contribution in [0.15, 0.2) is 90.1 Å². The van der Waals surface area contributed by atoms with Crippen molar-refractivity contribution in [1.82, 2.24) is 15.5 Å². The maximum absolute atomic E-state index is 6.16. The number of nitrogens with two attached hydrogens (primary N) is 1. The molecule has 0 heterocycles. The van der Waals surface area contributed by atoms with E-state index in [0.29, 0.717) is 23.4 Å². The van der Waals surface area contributed by atoms with Crippen LogP contribution in [0.3, 0.4) is 0 Å². The van der Waals surface area contributed by atoms with Gasteiger partial charge in [-0.05, 0) is 62.5 Å². The largest absolute Gasteiger partial charge is 0.377 e. The molecule has 4 N–H and O–H groups in total. The summed E-state index contributed by atoms with van der Waals surface area (Å²) in [4.78, 5) is 6.73. The third-order valence-corrected chi connectivity index (χ3v) is 6.32. The van der Waals surface area contributed by atoms with E-state index >= 15 is 0 Å². The Hall–Kier alpha value is -2.76. The Morgan fingerprint density at radius 2 is 1.94 bits per heavy atom. The summed E-state index contributed by atoms with van der Waals surface area (Å²) in [5.41, 5.74) is 9.76. The third kappa shape index (κ3) is 8.23. The molecule has 0 bridgehead atoms. The Bertz CT molecular complexity index is 953. The van der Waals surface area contributed by atoms with Crippen LogP contribution < -0.4 is 16.4 Å². The number of amidine groups is 1. The Morgan fingerprint density at radius 3 is 2.53 bits per heavy atom. The summed E-state index contributed by atoms with van der Waals surface area (Å²) in [7, 11) is 0. The first-order valence-corrected chi connectivity index (χ1v) is 12.3. The van der Waals surface area contributed by atoms with E-state index in [1.807, 2.05) is 62.2 Å². The minimum Gasteiger partial charge on any atom is -0.377 e. The summed E-state index contributed by atoms with van der Waals surface area (Å²) in [6.45, 7) is 18.8. The van der Waals surface area contributed by atoms with Crippen LogP contribution in [0, 0.1) is 0 Å². The van der Waals surface area contributed by atoms with Crippen LogP contribution in [0.2, 0.25) is 5.02 Å². The molecule has 0 radical (unpaired) electrons. The van der Waals surface area contributed by atoms with Crippen molar-refractivity contribution in [2.24, 2.45) is 10.7 Å². The van der Waals surface area contributed by atoms with Gasteiger partial charge >= 0.3 is 0 Å². The zero-order chi connectivity index (χ0) is 25.1. The predicted molar refractivity (Wildman–Crippen MR) is 147 cm³/mol. The second-order valence-electron chi connectivity index (χ2n) is 8.70. The fourth-order valence-corrected chi connectivity index (χ4v) is 4.13. The molecule has 1 aromatic carbocycles. The van der Waals surface area contributed by atoms with Gasteiger partial charge in [-0.1, -0.05) is 68.8 Å². The Labute approximate surface area is 210 Å². The standard InChI is InChI=1S/C28H40ClN5/c1-7-20(3)28(33-23(6)32-26-15-10-9-11-16-26)34(8-2)19-21(4)22(5)31-27(18-30)24-13-12-14-25(29)17-24/h7-8,12-14,17,19,26-27,31-32H,2,5-6,9-11,15-16,18,30H2,1,3-4H3/b20-7-,21-19+,33-28?/t27-/m0/s1. The molecule has 1 aliphatic rings. The monoisotopic (exact) mass is 481 g/mol. The van der Waals surface area contributed by atoms with Crippen LogP contribution in [0.1, 0.15) is 64.5 Å². The predicted octanol–water partition coefficient (Wildman–Crippen LogP) is 6.55. The van der Waals surface area contributed by atoms with Gasteiger partial charge in [0, 0.05) is 35.7 Å². The first-order valence-electron chi connectivity index (χ1n) is 12.0. The van der Waals surface area contributed by atoms with E-state index in [0.717, 1.165) is 41.1 Å². The van der Waals surface area contributed by atoms with Crippen LogP contribution in [0.25, 0.3) is 0 Å². The number of rotatable bonds is 11. The first kappa shape index (κ1) is 27.5. The molecule has 1 aliphatic carbocycles. The third-order valence-electron chi connectivity index (χ3n) is 6.09. The maximum atomic E-state index is 6.16. The highest BCUT2D eigenvalue weighted by Crippen LogP contribution is 2.21. The SMILES string of the molecule is C=CN(/C=C(\C)C(=C)N[C@@H](CN)c1cccc(Cl)c1)C(=NC(=C)NC1CCCCC1)/C(C)=C\C. The van der Waals surface area contributed by atoms with Gasteiger partial charge in [-0.15, -0.1) is 0 Å². The van der Waals surface area contributed by atoms with E-state index in [1.165, 1.54) is 19.3 Å².